The van der Waals surface area contributed by atoms with E-state index in [0.29, 0.717) is 10.8 Å². The molecule has 11 saturated carbocycles. The van der Waals surface area contributed by atoms with Crippen molar-refractivity contribution in [2.45, 2.75) is 247 Å². The van der Waals surface area contributed by atoms with Crippen molar-refractivity contribution >= 4 is 31.3 Å². The first-order valence-electron chi connectivity index (χ1n) is 28.6. The zero-order valence-electron chi connectivity index (χ0n) is 39.5. The molecule has 0 nitrogen and oxygen atoms in total. The summed E-state index contributed by atoms with van der Waals surface area (Å²) in [5, 5.41) is 0.876. The molecule has 0 aliphatic heterocycles. The van der Waals surface area contributed by atoms with E-state index in [1.807, 2.05) is 0 Å². The van der Waals surface area contributed by atoms with Crippen molar-refractivity contribution in [3.8, 4) is 0 Å². The molecule has 11 aliphatic carbocycles. The van der Waals surface area contributed by atoms with E-state index >= 15 is 0 Å². The maximum Gasteiger partial charge on any atom is 0.0609 e. The SMILES string of the molecule is CCC1CC2C(C3CC4CCCCC4C4CCCCC43)CC(Cl)CC2C1[Si](C)(C1CCCCC1)C1C(CC)CC2C(C3CC4CCCCC4C4CCCCC43)CC(Cl)CC21. The summed E-state index contributed by atoms with van der Waals surface area (Å²) in [6.07, 6.45) is 47.5. The summed E-state index contributed by atoms with van der Waals surface area (Å²) >= 11 is 15.7. The molecule has 22 unspecified atom stereocenters. The molecule has 0 amide bonds. The summed E-state index contributed by atoms with van der Waals surface area (Å²) in [5.74, 6) is 18.2. The van der Waals surface area contributed by atoms with Gasteiger partial charge in [-0.25, -0.2) is 0 Å². The maximum absolute atomic E-state index is 7.85. The lowest BCUT2D eigenvalue weighted by molar-refractivity contribution is -0.0584. The fourth-order valence-corrected chi connectivity index (χ4v) is 32.3. The zero-order chi connectivity index (χ0) is 40.7. The van der Waals surface area contributed by atoms with Gasteiger partial charge in [0, 0.05) is 10.8 Å². The zero-order valence-corrected chi connectivity index (χ0v) is 42.0. The number of fused-ring (bicyclic) bond motifs is 8. The Balaban J connectivity index is 0.946. The van der Waals surface area contributed by atoms with Crippen molar-refractivity contribution in [3.63, 3.8) is 0 Å². The summed E-state index contributed by atoms with van der Waals surface area (Å²) < 4.78 is 0. The minimum absolute atomic E-state index is 0.438. The first-order chi connectivity index (χ1) is 29.4. The van der Waals surface area contributed by atoms with Crippen molar-refractivity contribution in [2.24, 2.45) is 107 Å². The van der Waals surface area contributed by atoms with Gasteiger partial charge >= 0.3 is 0 Å². The lowest BCUT2D eigenvalue weighted by atomic mass is 9.50. The van der Waals surface area contributed by atoms with Gasteiger partial charge in [-0.3, -0.25) is 0 Å². The monoisotopic (exact) mass is 877 g/mol. The van der Waals surface area contributed by atoms with Gasteiger partial charge in [0.2, 0.25) is 0 Å². The van der Waals surface area contributed by atoms with E-state index in [4.69, 9.17) is 23.2 Å². The van der Waals surface area contributed by atoms with E-state index in [0.717, 1.165) is 123 Å². The van der Waals surface area contributed by atoms with Crippen molar-refractivity contribution in [3.05, 3.63) is 0 Å². The van der Waals surface area contributed by atoms with Gasteiger partial charge in [0.15, 0.2) is 0 Å². The summed E-state index contributed by atoms with van der Waals surface area (Å²) in [6, 6.07) is 0. The molecule has 0 aromatic heterocycles. The van der Waals surface area contributed by atoms with Crippen LogP contribution in [0.4, 0.5) is 0 Å². The van der Waals surface area contributed by atoms with Gasteiger partial charge in [-0.2, -0.15) is 0 Å². The molecule has 0 aromatic rings. The average Bonchev–Trinajstić information content (AvgIpc) is 3.87. The van der Waals surface area contributed by atoms with E-state index < -0.39 is 8.07 Å². The summed E-state index contributed by atoms with van der Waals surface area (Å²) in [7, 11) is -1.83. The maximum atomic E-state index is 7.85. The van der Waals surface area contributed by atoms with Crippen LogP contribution in [0, 0.1) is 107 Å². The Bertz CT molecular complexity index is 1340. The van der Waals surface area contributed by atoms with Gasteiger partial charge in [0.05, 0.1) is 8.07 Å². The summed E-state index contributed by atoms with van der Waals surface area (Å²) in [6.45, 7) is 8.57. The van der Waals surface area contributed by atoms with Gasteiger partial charge in [0.25, 0.3) is 0 Å². The van der Waals surface area contributed by atoms with Crippen LogP contribution >= 0.6 is 23.2 Å². The number of halogens is 2. The highest BCUT2D eigenvalue weighted by atomic mass is 35.5. The molecule has 0 aromatic carbocycles. The highest BCUT2D eigenvalue weighted by Gasteiger charge is 2.66. The molecule has 0 heterocycles. The standard InChI is InChI=1S/C57H94Cl2Si/c1-4-35-27-50-52(48-29-37-17-9-11-21-42(37)44-23-13-15-25-46(44)48)31-39(58)33-54(50)56(35)60(3,41-19-7-6-8-20-41)57-36(5-2)28-51-53(32-40(59)34-55(51)57)49-30-38-18-10-12-22-43(38)45-24-14-16-26-47(45)49/h35-57H,4-34H2,1-3H3. The molecule has 60 heavy (non-hydrogen) atoms. The third-order valence-electron chi connectivity index (χ3n) is 24.5. The topological polar surface area (TPSA) is 0 Å². The van der Waals surface area contributed by atoms with Crippen molar-refractivity contribution in [1.29, 1.82) is 0 Å². The number of hydrogen-bond acceptors (Lipinski definition) is 0. The molecule has 340 valence electrons. The fourth-order valence-electron chi connectivity index (χ4n) is 22.9. The Kier molecular flexibility index (Phi) is 13.1. The van der Waals surface area contributed by atoms with Crippen molar-refractivity contribution in [1.82, 2.24) is 0 Å². The Labute approximate surface area is 382 Å². The van der Waals surface area contributed by atoms with Gasteiger partial charge in [-0.15, -0.1) is 23.2 Å². The lowest BCUT2D eigenvalue weighted by Crippen LogP contribution is -2.55. The molecule has 3 heteroatoms. The number of rotatable bonds is 7. The lowest BCUT2D eigenvalue weighted by Gasteiger charge is -2.58. The van der Waals surface area contributed by atoms with E-state index in [9.17, 15) is 0 Å². The first kappa shape index (κ1) is 43.4. The second-order valence-corrected chi connectivity index (χ2v) is 32.2. The molecule has 11 fully saturated rings. The van der Waals surface area contributed by atoms with Crippen LogP contribution in [0.1, 0.15) is 213 Å². The Morgan fingerprint density at radius 3 is 1.07 bits per heavy atom. The summed E-state index contributed by atoms with van der Waals surface area (Å²) in [4.78, 5) is 0. The van der Waals surface area contributed by atoms with Crippen molar-refractivity contribution in [2.75, 3.05) is 0 Å². The van der Waals surface area contributed by atoms with E-state index in [1.54, 1.807) is 89.9 Å². The second kappa shape index (κ2) is 18.1. The number of hydrogen-bond donors (Lipinski definition) is 0. The molecule has 22 atom stereocenters. The van der Waals surface area contributed by atoms with Crippen LogP contribution in [-0.2, 0) is 0 Å². The molecule has 0 radical (unpaired) electrons. The Hall–Kier alpha value is 0.797. The predicted octanol–water partition coefficient (Wildman–Crippen LogP) is 17.8. The van der Waals surface area contributed by atoms with Crippen LogP contribution in [0.5, 0.6) is 0 Å². The highest BCUT2D eigenvalue weighted by Crippen LogP contribution is 2.73. The normalized spacial score (nSPS) is 54.4. The van der Waals surface area contributed by atoms with E-state index in [-0.39, 0.29) is 0 Å². The minimum atomic E-state index is -1.83. The second-order valence-electron chi connectivity index (χ2n) is 26.1. The molecular formula is C57H94Cl2Si. The van der Waals surface area contributed by atoms with Gasteiger partial charge in [0.1, 0.15) is 0 Å². The van der Waals surface area contributed by atoms with Crippen LogP contribution in [-0.4, -0.2) is 18.8 Å². The van der Waals surface area contributed by atoms with E-state index in [2.05, 4.69) is 20.4 Å². The predicted molar refractivity (Wildman–Crippen MR) is 259 cm³/mol. The molecule has 0 N–H and O–H groups in total. The van der Waals surface area contributed by atoms with E-state index in [1.165, 1.54) is 109 Å². The van der Waals surface area contributed by atoms with Crippen LogP contribution in [0.15, 0.2) is 0 Å². The quantitative estimate of drug-likeness (QED) is 0.177. The summed E-state index contributed by atoms with van der Waals surface area (Å²) in [5.41, 5.74) is 3.12. The third-order valence-corrected chi connectivity index (χ3v) is 32.2. The Morgan fingerprint density at radius 1 is 0.333 bits per heavy atom. The van der Waals surface area contributed by atoms with Crippen molar-refractivity contribution < 1.29 is 0 Å². The number of alkyl halides is 2. The Morgan fingerprint density at radius 2 is 0.650 bits per heavy atom. The third kappa shape index (κ3) is 7.41. The molecule has 11 aliphatic rings. The largest absolute Gasteiger partial charge is 0.123 e. The molecule has 11 rings (SSSR count). The molecule has 0 bridgehead atoms. The van der Waals surface area contributed by atoms with Crippen LogP contribution < -0.4 is 0 Å². The molecular weight excluding hydrogens is 784 g/mol. The first-order valence-corrected chi connectivity index (χ1v) is 32.3. The fraction of sp³-hybridized carbons (Fsp3) is 1.00. The molecule has 0 saturated heterocycles. The van der Waals surface area contributed by atoms with Crippen LogP contribution in [0.25, 0.3) is 0 Å². The molecule has 0 spiro atoms. The minimum Gasteiger partial charge on any atom is -0.123 e. The van der Waals surface area contributed by atoms with Gasteiger partial charge < -0.3 is 0 Å². The smallest absolute Gasteiger partial charge is 0.0609 e. The van der Waals surface area contributed by atoms with Crippen LogP contribution in [0.2, 0.25) is 23.2 Å². The highest BCUT2D eigenvalue weighted by molar-refractivity contribution is 6.83. The van der Waals surface area contributed by atoms with Gasteiger partial charge in [-0.1, -0.05) is 130 Å². The average molecular weight is 878 g/mol. The van der Waals surface area contributed by atoms with Crippen LogP contribution in [0.3, 0.4) is 0 Å². The van der Waals surface area contributed by atoms with Gasteiger partial charge in [-0.05, 0) is 213 Å².